The average molecular weight is 554 g/mol. The molecule has 0 spiro atoms. The molecule has 4 heterocycles. The SMILES string of the molecule is COc1ccc(C[C@@H]2C[C@@H](C(=O)NCc3ccc4c(c3)nnn4C)N(C(=O)[C@H]3C[C@@H](c4ccccn4)CN3)C2)cc1. The molecule has 10 nitrogen and oxygen atoms in total. The highest BCUT2D eigenvalue weighted by atomic mass is 16.5. The molecule has 6 rings (SSSR count). The first kappa shape index (κ1) is 26.9. The van der Waals surface area contributed by atoms with Gasteiger partial charge in [0.1, 0.15) is 17.3 Å². The summed E-state index contributed by atoms with van der Waals surface area (Å²) in [6.45, 7) is 1.59. The molecule has 2 aliphatic rings. The number of hydrogen-bond acceptors (Lipinski definition) is 7. The fraction of sp³-hybridized carbons (Fsp3) is 0.387. The van der Waals surface area contributed by atoms with E-state index in [-0.39, 0.29) is 29.7 Å². The van der Waals surface area contributed by atoms with Crippen molar-refractivity contribution in [2.24, 2.45) is 13.0 Å². The summed E-state index contributed by atoms with van der Waals surface area (Å²) in [6.07, 6.45) is 3.86. The van der Waals surface area contributed by atoms with Gasteiger partial charge in [0.2, 0.25) is 11.8 Å². The van der Waals surface area contributed by atoms with Crippen molar-refractivity contribution in [2.75, 3.05) is 20.2 Å². The molecule has 2 saturated heterocycles. The summed E-state index contributed by atoms with van der Waals surface area (Å²) in [7, 11) is 3.50. The van der Waals surface area contributed by atoms with Crippen LogP contribution < -0.4 is 15.4 Å². The van der Waals surface area contributed by atoms with Gasteiger partial charge in [-0.3, -0.25) is 14.6 Å². The monoisotopic (exact) mass is 553 g/mol. The molecule has 4 atom stereocenters. The molecule has 41 heavy (non-hydrogen) atoms. The maximum atomic E-state index is 13.9. The summed E-state index contributed by atoms with van der Waals surface area (Å²) in [6, 6.07) is 18.9. The number of hydrogen-bond donors (Lipinski definition) is 2. The Balaban J connectivity index is 1.16. The van der Waals surface area contributed by atoms with Crippen molar-refractivity contribution in [3.05, 3.63) is 83.7 Å². The Hall–Kier alpha value is -4.31. The molecular formula is C31H35N7O3. The third-order valence-electron chi connectivity index (χ3n) is 8.33. The summed E-state index contributed by atoms with van der Waals surface area (Å²) in [5.41, 5.74) is 4.81. The van der Waals surface area contributed by atoms with Gasteiger partial charge >= 0.3 is 0 Å². The van der Waals surface area contributed by atoms with E-state index in [0.717, 1.165) is 40.0 Å². The molecule has 2 fully saturated rings. The van der Waals surface area contributed by atoms with Crippen molar-refractivity contribution in [3.63, 3.8) is 0 Å². The molecule has 2 N–H and O–H groups in total. The van der Waals surface area contributed by atoms with Crippen LogP contribution in [-0.4, -0.2) is 69.0 Å². The Kier molecular flexibility index (Phi) is 7.65. The van der Waals surface area contributed by atoms with Crippen molar-refractivity contribution < 1.29 is 14.3 Å². The van der Waals surface area contributed by atoms with Crippen LogP contribution in [0, 0.1) is 5.92 Å². The standard InChI is InChI=1S/C31H35N7O3/c1-37-28-11-8-21(14-26(28)35-36-37)17-34-30(39)29-15-22(13-20-6-9-24(41-2)10-7-20)19-38(29)31(40)27-16-23(18-33-27)25-5-3-4-12-32-25/h3-12,14,22-23,27,29,33H,13,15-19H2,1-2H3,(H,34,39)/t22-,23-,27-,29+/m1/s1. The van der Waals surface area contributed by atoms with Crippen LogP contribution in [0.5, 0.6) is 5.75 Å². The molecule has 2 aromatic heterocycles. The number of nitrogens with zero attached hydrogens (tertiary/aromatic N) is 5. The first-order valence-corrected chi connectivity index (χ1v) is 14.1. The summed E-state index contributed by atoms with van der Waals surface area (Å²) in [5.74, 6) is 1.01. The second-order valence-corrected chi connectivity index (χ2v) is 11.1. The van der Waals surface area contributed by atoms with Crippen molar-refractivity contribution in [1.29, 1.82) is 0 Å². The Bertz CT molecular complexity index is 1520. The fourth-order valence-electron chi connectivity index (χ4n) is 6.13. The van der Waals surface area contributed by atoms with Gasteiger partial charge in [0.25, 0.3) is 0 Å². The van der Waals surface area contributed by atoms with Gasteiger partial charge in [-0.15, -0.1) is 5.10 Å². The van der Waals surface area contributed by atoms with Gasteiger partial charge in [0.05, 0.1) is 18.7 Å². The van der Waals surface area contributed by atoms with Crippen LogP contribution >= 0.6 is 0 Å². The van der Waals surface area contributed by atoms with E-state index < -0.39 is 6.04 Å². The number of fused-ring (bicyclic) bond motifs is 1. The van der Waals surface area contributed by atoms with Gasteiger partial charge in [0, 0.05) is 44.5 Å². The maximum absolute atomic E-state index is 13.9. The zero-order chi connectivity index (χ0) is 28.3. The number of aromatic nitrogens is 4. The lowest BCUT2D eigenvalue weighted by Crippen LogP contribution is -2.51. The molecular weight excluding hydrogens is 518 g/mol. The Morgan fingerprint density at radius 3 is 2.68 bits per heavy atom. The van der Waals surface area contributed by atoms with Gasteiger partial charge in [-0.1, -0.05) is 29.5 Å². The highest BCUT2D eigenvalue weighted by molar-refractivity contribution is 5.90. The van der Waals surface area contributed by atoms with E-state index in [1.807, 2.05) is 55.6 Å². The first-order valence-electron chi connectivity index (χ1n) is 14.1. The van der Waals surface area contributed by atoms with Crippen LogP contribution in [0.15, 0.2) is 66.9 Å². The van der Waals surface area contributed by atoms with Gasteiger partial charge in [-0.25, -0.2) is 4.68 Å². The molecule has 0 bridgehead atoms. The van der Waals surface area contributed by atoms with E-state index in [9.17, 15) is 9.59 Å². The van der Waals surface area contributed by atoms with Gasteiger partial charge in [-0.2, -0.15) is 0 Å². The number of methoxy groups -OCH3 is 1. The lowest BCUT2D eigenvalue weighted by Gasteiger charge is -2.27. The number of carbonyl (C=O) groups excluding carboxylic acids is 2. The van der Waals surface area contributed by atoms with Crippen LogP contribution in [0.25, 0.3) is 11.0 Å². The van der Waals surface area contributed by atoms with E-state index in [1.54, 1.807) is 22.9 Å². The topological polar surface area (TPSA) is 114 Å². The van der Waals surface area contributed by atoms with Crippen LogP contribution in [0.1, 0.15) is 35.6 Å². The minimum atomic E-state index is -0.526. The van der Waals surface area contributed by atoms with Crippen LogP contribution in [0.2, 0.25) is 0 Å². The van der Waals surface area contributed by atoms with Gasteiger partial charge in [-0.05, 0) is 72.7 Å². The van der Waals surface area contributed by atoms with E-state index >= 15 is 0 Å². The molecule has 0 radical (unpaired) electrons. The third kappa shape index (κ3) is 5.78. The van der Waals surface area contributed by atoms with Crippen molar-refractivity contribution >= 4 is 22.8 Å². The molecule has 2 aromatic carbocycles. The zero-order valence-corrected chi connectivity index (χ0v) is 23.4. The summed E-state index contributed by atoms with van der Waals surface area (Å²) in [5, 5.41) is 14.7. The number of aryl methyl sites for hydroxylation is 1. The number of benzene rings is 2. The zero-order valence-electron chi connectivity index (χ0n) is 23.4. The predicted molar refractivity (Wildman–Crippen MR) is 154 cm³/mol. The van der Waals surface area contributed by atoms with Gasteiger partial charge in [0.15, 0.2) is 0 Å². The lowest BCUT2D eigenvalue weighted by atomic mass is 9.96. The number of likely N-dealkylation sites (tertiary alicyclic amines) is 1. The van der Waals surface area contributed by atoms with Crippen molar-refractivity contribution in [1.82, 2.24) is 35.5 Å². The largest absolute Gasteiger partial charge is 0.497 e. The quantitative estimate of drug-likeness (QED) is 0.345. The second kappa shape index (κ2) is 11.7. The number of ether oxygens (including phenoxy) is 1. The van der Waals surface area contributed by atoms with Gasteiger partial charge < -0.3 is 20.3 Å². The molecule has 2 amide bonds. The second-order valence-electron chi connectivity index (χ2n) is 11.1. The summed E-state index contributed by atoms with van der Waals surface area (Å²) >= 11 is 0. The lowest BCUT2D eigenvalue weighted by molar-refractivity contribution is -0.139. The third-order valence-corrected chi connectivity index (χ3v) is 8.33. The Morgan fingerprint density at radius 1 is 1.07 bits per heavy atom. The maximum Gasteiger partial charge on any atom is 0.243 e. The summed E-state index contributed by atoms with van der Waals surface area (Å²) in [4.78, 5) is 33.8. The minimum absolute atomic E-state index is 0.0122. The van der Waals surface area contributed by atoms with Crippen LogP contribution in [0.4, 0.5) is 0 Å². The molecule has 4 aromatic rings. The predicted octanol–water partition coefficient (Wildman–Crippen LogP) is 2.59. The average Bonchev–Trinajstić information content (AvgIpc) is 3.76. The molecule has 0 saturated carbocycles. The first-order chi connectivity index (χ1) is 20.0. The number of rotatable bonds is 8. The van der Waals surface area contributed by atoms with Crippen LogP contribution in [-0.2, 0) is 29.6 Å². The fourth-order valence-corrected chi connectivity index (χ4v) is 6.13. The number of nitrogens with one attached hydrogen (secondary N) is 2. The highest BCUT2D eigenvalue weighted by Gasteiger charge is 2.43. The molecule has 0 aliphatic carbocycles. The number of amides is 2. The number of pyridine rings is 1. The van der Waals surface area contributed by atoms with Crippen molar-refractivity contribution in [2.45, 2.75) is 43.8 Å². The molecule has 0 unspecified atom stereocenters. The smallest absolute Gasteiger partial charge is 0.243 e. The van der Waals surface area contributed by atoms with Crippen molar-refractivity contribution in [3.8, 4) is 5.75 Å². The van der Waals surface area contributed by atoms with E-state index in [0.29, 0.717) is 32.5 Å². The van der Waals surface area contributed by atoms with E-state index in [1.165, 1.54) is 0 Å². The van der Waals surface area contributed by atoms with Crippen LogP contribution in [0.3, 0.4) is 0 Å². The Labute approximate surface area is 239 Å². The normalized spacial score (nSPS) is 22.2. The number of carbonyl (C=O) groups is 2. The molecule has 212 valence electrons. The minimum Gasteiger partial charge on any atom is -0.497 e. The Morgan fingerprint density at radius 2 is 1.90 bits per heavy atom. The van der Waals surface area contributed by atoms with E-state index in [4.69, 9.17) is 4.74 Å². The summed E-state index contributed by atoms with van der Waals surface area (Å²) < 4.78 is 7.02. The molecule has 2 aliphatic heterocycles. The molecule has 10 heteroatoms. The highest BCUT2D eigenvalue weighted by Crippen LogP contribution is 2.31. The van der Waals surface area contributed by atoms with E-state index in [2.05, 4.69) is 38.1 Å².